The molecule has 2 aliphatic carbocycles. The molecule has 100 valence electrons. The van der Waals surface area contributed by atoms with E-state index in [-0.39, 0.29) is 0 Å². The van der Waals surface area contributed by atoms with Crippen LogP contribution in [0.5, 0.6) is 0 Å². The molecule has 0 aromatic carbocycles. The molecule has 0 spiro atoms. The molecule has 18 heavy (non-hydrogen) atoms. The fraction of sp³-hybridized carbons (Fsp3) is 0.800. The van der Waals surface area contributed by atoms with Gasteiger partial charge >= 0.3 is 0 Å². The Morgan fingerprint density at radius 3 is 2.67 bits per heavy atom. The third-order valence-corrected chi connectivity index (χ3v) is 4.39. The van der Waals surface area contributed by atoms with Gasteiger partial charge in [-0.2, -0.15) is 0 Å². The topological polar surface area (TPSA) is 29.9 Å². The molecule has 1 aromatic heterocycles. The summed E-state index contributed by atoms with van der Waals surface area (Å²) >= 11 is 0. The Morgan fingerprint density at radius 1 is 1.33 bits per heavy atom. The van der Waals surface area contributed by atoms with Crippen molar-refractivity contribution in [3.8, 4) is 0 Å². The molecule has 0 saturated heterocycles. The average Bonchev–Trinajstić information content (AvgIpc) is 3.28. The van der Waals surface area contributed by atoms with Crippen molar-refractivity contribution in [3.63, 3.8) is 0 Å². The molecule has 1 aromatic rings. The average molecular weight is 247 g/mol. The number of rotatable bonds is 8. The van der Waals surface area contributed by atoms with Gasteiger partial charge in [-0.1, -0.05) is 6.92 Å². The van der Waals surface area contributed by atoms with Gasteiger partial charge in [0.1, 0.15) is 0 Å². The number of hydrogen-bond acceptors (Lipinski definition) is 2. The van der Waals surface area contributed by atoms with Crippen LogP contribution in [0.3, 0.4) is 0 Å². The molecule has 0 bridgehead atoms. The molecule has 3 heteroatoms. The molecule has 0 amide bonds. The van der Waals surface area contributed by atoms with E-state index in [0.29, 0.717) is 0 Å². The predicted octanol–water partition coefficient (Wildman–Crippen LogP) is 2.82. The van der Waals surface area contributed by atoms with Crippen LogP contribution in [-0.4, -0.2) is 16.1 Å². The largest absolute Gasteiger partial charge is 0.333 e. The molecular formula is C15H25N3. The summed E-state index contributed by atoms with van der Waals surface area (Å²) in [6.45, 7) is 5.48. The van der Waals surface area contributed by atoms with Gasteiger partial charge in [-0.3, -0.25) is 0 Å². The van der Waals surface area contributed by atoms with Crippen molar-refractivity contribution < 1.29 is 0 Å². The molecule has 1 heterocycles. The Kier molecular flexibility index (Phi) is 3.69. The summed E-state index contributed by atoms with van der Waals surface area (Å²) in [5.41, 5.74) is 1.36. The van der Waals surface area contributed by atoms with Crippen molar-refractivity contribution in [2.24, 2.45) is 17.8 Å². The maximum absolute atomic E-state index is 4.34. The molecule has 0 aliphatic heterocycles. The number of imidazole rings is 1. The maximum atomic E-state index is 4.34. The number of nitrogens with one attached hydrogen (secondary N) is 1. The lowest BCUT2D eigenvalue weighted by atomic mass is 9.98. The highest BCUT2D eigenvalue weighted by Gasteiger charge is 2.41. The minimum absolute atomic E-state index is 0.934. The molecule has 3 nitrogen and oxygen atoms in total. The van der Waals surface area contributed by atoms with Crippen LogP contribution in [0.4, 0.5) is 0 Å². The van der Waals surface area contributed by atoms with Crippen molar-refractivity contribution in [2.45, 2.75) is 52.1 Å². The first kappa shape index (κ1) is 12.2. The Labute approximate surface area is 110 Å². The van der Waals surface area contributed by atoms with Gasteiger partial charge in [-0.15, -0.1) is 0 Å². The minimum atomic E-state index is 0.934. The first-order chi connectivity index (χ1) is 8.88. The highest BCUT2D eigenvalue weighted by Crippen LogP contribution is 2.49. The highest BCUT2D eigenvalue weighted by atomic mass is 15.1. The van der Waals surface area contributed by atoms with Crippen molar-refractivity contribution in [2.75, 3.05) is 6.54 Å². The number of nitrogens with zero attached hydrogens (tertiary/aromatic N) is 2. The summed E-state index contributed by atoms with van der Waals surface area (Å²) in [4.78, 5) is 4.34. The van der Waals surface area contributed by atoms with E-state index in [0.717, 1.165) is 30.8 Å². The summed E-state index contributed by atoms with van der Waals surface area (Å²) in [6, 6.07) is 0. The first-order valence-corrected chi connectivity index (χ1v) is 7.58. The molecule has 3 rings (SSSR count). The van der Waals surface area contributed by atoms with Crippen molar-refractivity contribution in [1.29, 1.82) is 0 Å². The normalized spacial score (nSPS) is 19.7. The standard InChI is InChI=1S/C15H25N3/c1-2-7-16-8-14-9-17-11-18(14)10-15(12-3-4-12)13-5-6-13/h9,11-13,15-16H,2-8,10H2,1H3. The molecule has 0 radical (unpaired) electrons. The van der Waals surface area contributed by atoms with Crippen LogP contribution in [-0.2, 0) is 13.1 Å². The van der Waals surface area contributed by atoms with E-state index in [1.807, 2.05) is 12.5 Å². The highest BCUT2D eigenvalue weighted by molar-refractivity contribution is 5.00. The zero-order valence-corrected chi connectivity index (χ0v) is 11.4. The molecule has 2 saturated carbocycles. The lowest BCUT2D eigenvalue weighted by Crippen LogP contribution is -2.20. The van der Waals surface area contributed by atoms with E-state index in [2.05, 4.69) is 21.8 Å². The van der Waals surface area contributed by atoms with E-state index >= 15 is 0 Å². The predicted molar refractivity (Wildman–Crippen MR) is 73.2 cm³/mol. The quantitative estimate of drug-likeness (QED) is 0.716. The van der Waals surface area contributed by atoms with Crippen LogP contribution in [0.1, 0.15) is 44.7 Å². The van der Waals surface area contributed by atoms with Crippen LogP contribution < -0.4 is 5.32 Å². The van der Waals surface area contributed by atoms with Gasteiger partial charge in [-0.05, 0) is 56.4 Å². The Bertz CT molecular complexity index is 365. The monoisotopic (exact) mass is 247 g/mol. The fourth-order valence-corrected chi connectivity index (χ4v) is 3.01. The van der Waals surface area contributed by atoms with Gasteiger partial charge in [-0.25, -0.2) is 4.98 Å². The van der Waals surface area contributed by atoms with Gasteiger partial charge in [0, 0.05) is 19.3 Å². The van der Waals surface area contributed by atoms with Gasteiger partial charge in [0.25, 0.3) is 0 Å². The second-order valence-corrected chi connectivity index (χ2v) is 6.05. The van der Waals surface area contributed by atoms with Crippen molar-refractivity contribution in [3.05, 3.63) is 18.2 Å². The number of aromatic nitrogens is 2. The van der Waals surface area contributed by atoms with Crippen molar-refractivity contribution in [1.82, 2.24) is 14.9 Å². The van der Waals surface area contributed by atoms with E-state index in [9.17, 15) is 0 Å². The summed E-state index contributed by atoms with van der Waals surface area (Å²) in [5.74, 6) is 2.98. The Morgan fingerprint density at radius 2 is 2.06 bits per heavy atom. The second-order valence-electron chi connectivity index (χ2n) is 6.05. The lowest BCUT2D eigenvalue weighted by molar-refractivity contribution is 0.343. The van der Waals surface area contributed by atoms with Crippen molar-refractivity contribution >= 4 is 0 Å². The third-order valence-electron chi connectivity index (χ3n) is 4.39. The summed E-state index contributed by atoms with van der Waals surface area (Å²) in [5, 5.41) is 3.48. The van der Waals surface area contributed by atoms with Gasteiger partial charge in [0.2, 0.25) is 0 Å². The molecule has 1 N–H and O–H groups in total. The van der Waals surface area contributed by atoms with E-state index in [4.69, 9.17) is 0 Å². The number of hydrogen-bond donors (Lipinski definition) is 1. The molecule has 2 aliphatic rings. The van der Waals surface area contributed by atoms with E-state index in [1.165, 1.54) is 44.3 Å². The molecular weight excluding hydrogens is 222 g/mol. The smallest absolute Gasteiger partial charge is 0.0948 e. The molecule has 0 atom stereocenters. The van der Waals surface area contributed by atoms with Gasteiger partial charge in [0.05, 0.1) is 12.0 Å². The summed E-state index contributed by atoms with van der Waals surface area (Å²) in [7, 11) is 0. The Balaban J connectivity index is 1.58. The SMILES string of the molecule is CCCNCc1cncn1CC(C1CC1)C1CC1. The fourth-order valence-electron chi connectivity index (χ4n) is 3.01. The first-order valence-electron chi connectivity index (χ1n) is 7.58. The second kappa shape index (κ2) is 5.43. The van der Waals surface area contributed by atoms with Crippen LogP contribution in [0, 0.1) is 17.8 Å². The summed E-state index contributed by atoms with van der Waals surface area (Å²) < 4.78 is 2.39. The van der Waals surface area contributed by atoms with Gasteiger partial charge in [0.15, 0.2) is 0 Å². The van der Waals surface area contributed by atoms with E-state index in [1.54, 1.807) is 0 Å². The minimum Gasteiger partial charge on any atom is -0.333 e. The van der Waals surface area contributed by atoms with Gasteiger partial charge < -0.3 is 9.88 Å². The molecule has 2 fully saturated rings. The van der Waals surface area contributed by atoms with Crippen LogP contribution in [0.15, 0.2) is 12.5 Å². The zero-order chi connectivity index (χ0) is 12.4. The zero-order valence-electron chi connectivity index (χ0n) is 11.4. The lowest BCUT2D eigenvalue weighted by Gasteiger charge is -2.18. The maximum Gasteiger partial charge on any atom is 0.0948 e. The Hall–Kier alpha value is -0.830. The van der Waals surface area contributed by atoms with E-state index < -0.39 is 0 Å². The van der Waals surface area contributed by atoms with Crippen LogP contribution in [0.2, 0.25) is 0 Å². The van der Waals surface area contributed by atoms with Crippen LogP contribution >= 0.6 is 0 Å². The third kappa shape index (κ3) is 2.94. The molecule has 0 unspecified atom stereocenters. The van der Waals surface area contributed by atoms with Crippen LogP contribution in [0.25, 0.3) is 0 Å². The summed E-state index contributed by atoms with van der Waals surface area (Å²) in [6.07, 6.45) is 11.1.